The van der Waals surface area contributed by atoms with E-state index in [2.05, 4.69) is 194 Å². The lowest BCUT2D eigenvalue weighted by Gasteiger charge is -2.31. The molecule has 0 unspecified atom stereocenters. The van der Waals surface area contributed by atoms with E-state index in [0.29, 0.717) is 0 Å². The van der Waals surface area contributed by atoms with Gasteiger partial charge in [-0.15, -0.1) is 0 Å². The molecular weight excluding hydrogens is 673 g/mol. The number of hydrogen-bond donors (Lipinski definition) is 0. The molecule has 0 bridgehead atoms. The lowest BCUT2D eigenvalue weighted by atomic mass is 9.69. The molecule has 0 aromatic heterocycles. The average molecular weight is 705 g/mol. The van der Waals surface area contributed by atoms with Crippen molar-refractivity contribution in [3.63, 3.8) is 0 Å². The molecule has 56 heavy (non-hydrogen) atoms. The van der Waals surface area contributed by atoms with Gasteiger partial charge in [0.15, 0.2) is 0 Å². The number of hydrogen-bond acceptors (Lipinski definition) is 0. The van der Waals surface area contributed by atoms with Crippen LogP contribution in [0, 0.1) is 0 Å². The minimum absolute atomic E-state index is 0.441. The van der Waals surface area contributed by atoms with Gasteiger partial charge in [-0.3, -0.25) is 0 Å². The first-order chi connectivity index (χ1) is 27.8. The van der Waals surface area contributed by atoms with Crippen molar-refractivity contribution in [1.82, 2.24) is 0 Å². The normalized spacial score (nSPS) is 15.1. The highest BCUT2D eigenvalue weighted by Crippen LogP contribution is 2.69. The summed E-state index contributed by atoms with van der Waals surface area (Å²) >= 11 is 0. The van der Waals surface area contributed by atoms with E-state index in [1.165, 1.54) is 121 Å². The van der Waals surface area contributed by atoms with Crippen LogP contribution in [-0.2, 0) is 10.8 Å². The van der Waals surface area contributed by atoms with Crippen LogP contribution in [0.5, 0.6) is 0 Å². The van der Waals surface area contributed by atoms with Gasteiger partial charge in [0, 0.05) is 0 Å². The minimum atomic E-state index is -0.441. The highest BCUT2D eigenvalue weighted by molar-refractivity contribution is 6.21. The fourth-order valence-corrected chi connectivity index (χ4v) is 12.2. The fourth-order valence-electron chi connectivity index (χ4n) is 12.2. The highest BCUT2D eigenvalue weighted by Gasteiger charge is 2.55. The Bertz CT molecular complexity index is 3120. The Hall–Kier alpha value is -7.02. The van der Waals surface area contributed by atoms with Crippen LogP contribution in [0.4, 0.5) is 0 Å². The zero-order chi connectivity index (χ0) is 36.3. The van der Waals surface area contributed by atoms with Crippen LogP contribution in [0.15, 0.2) is 194 Å². The summed E-state index contributed by atoms with van der Waals surface area (Å²) < 4.78 is 0. The largest absolute Gasteiger partial charge is 0.0725 e. The summed E-state index contributed by atoms with van der Waals surface area (Å²) in [6.45, 7) is 0. The van der Waals surface area contributed by atoms with Gasteiger partial charge < -0.3 is 0 Å². The molecule has 4 aliphatic rings. The number of fused-ring (bicyclic) bond motifs is 27. The SMILES string of the molecule is c1ccc2c(c1)-c1ccccc1C21c2ccc3ccccc3c2-c2c1ccc1ccc3c(c21)-c1c(ccc2ccccc12)C31c2ccccc2-c2ccccc21. The second-order valence-corrected chi connectivity index (χ2v) is 16.2. The molecule has 2 spiro atoms. The maximum atomic E-state index is 2.48. The third-order valence-corrected chi connectivity index (χ3v) is 14.1. The molecule has 0 amide bonds. The van der Waals surface area contributed by atoms with Gasteiger partial charge in [-0.05, 0) is 121 Å². The predicted octanol–water partition coefficient (Wildman–Crippen LogP) is 13.8. The Morgan fingerprint density at radius 3 is 0.911 bits per heavy atom. The predicted molar refractivity (Wildman–Crippen MR) is 232 cm³/mol. The molecular formula is C56H32. The molecule has 0 saturated heterocycles. The third-order valence-electron chi connectivity index (χ3n) is 14.1. The molecule has 14 rings (SSSR count). The van der Waals surface area contributed by atoms with Crippen molar-refractivity contribution in [3.8, 4) is 44.5 Å². The second kappa shape index (κ2) is 9.99. The molecule has 0 heterocycles. The van der Waals surface area contributed by atoms with Gasteiger partial charge in [0.1, 0.15) is 0 Å². The lowest BCUT2D eigenvalue weighted by molar-refractivity contribution is 0.793. The fraction of sp³-hybridized carbons (Fsp3) is 0.0357. The third kappa shape index (κ3) is 3.10. The maximum absolute atomic E-state index is 2.48. The Morgan fingerprint density at radius 1 is 0.214 bits per heavy atom. The van der Waals surface area contributed by atoms with Gasteiger partial charge in [0.25, 0.3) is 0 Å². The number of benzene rings is 10. The smallest absolute Gasteiger partial charge is 0.0619 e. The van der Waals surface area contributed by atoms with E-state index in [-0.39, 0.29) is 0 Å². The molecule has 10 aromatic carbocycles. The van der Waals surface area contributed by atoms with Gasteiger partial charge in [-0.25, -0.2) is 0 Å². The van der Waals surface area contributed by atoms with Crippen LogP contribution < -0.4 is 0 Å². The van der Waals surface area contributed by atoms with Crippen molar-refractivity contribution in [2.24, 2.45) is 0 Å². The second-order valence-electron chi connectivity index (χ2n) is 16.2. The molecule has 0 N–H and O–H groups in total. The lowest BCUT2D eigenvalue weighted by Crippen LogP contribution is -2.26. The first-order valence-corrected chi connectivity index (χ1v) is 19.9. The Balaban J connectivity index is 1.25. The van der Waals surface area contributed by atoms with Gasteiger partial charge in [-0.2, -0.15) is 0 Å². The van der Waals surface area contributed by atoms with Gasteiger partial charge in [0.05, 0.1) is 10.8 Å². The molecule has 10 aromatic rings. The van der Waals surface area contributed by atoms with E-state index in [4.69, 9.17) is 0 Å². The molecule has 256 valence electrons. The van der Waals surface area contributed by atoms with E-state index < -0.39 is 10.8 Å². The topological polar surface area (TPSA) is 0 Å². The van der Waals surface area contributed by atoms with E-state index in [1.54, 1.807) is 0 Å². The van der Waals surface area contributed by atoms with Crippen LogP contribution in [0.25, 0.3) is 76.8 Å². The monoisotopic (exact) mass is 704 g/mol. The Morgan fingerprint density at radius 2 is 0.518 bits per heavy atom. The van der Waals surface area contributed by atoms with Gasteiger partial charge >= 0.3 is 0 Å². The van der Waals surface area contributed by atoms with Crippen LogP contribution in [-0.4, -0.2) is 0 Å². The summed E-state index contributed by atoms with van der Waals surface area (Å²) in [7, 11) is 0. The molecule has 0 atom stereocenters. The summed E-state index contributed by atoms with van der Waals surface area (Å²) in [5.74, 6) is 0. The van der Waals surface area contributed by atoms with Crippen LogP contribution in [0.3, 0.4) is 0 Å². The molecule has 0 nitrogen and oxygen atoms in total. The Kier molecular flexibility index (Phi) is 5.23. The van der Waals surface area contributed by atoms with Crippen molar-refractivity contribution < 1.29 is 0 Å². The molecule has 0 heteroatoms. The highest BCUT2D eigenvalue weighted by atomic mass is 14.6. The van der Waals surface area contributed by atoms with E-state index in [0.717, 1.165) is 0 Å². The van der Waals surface area contributed by atoms with E-state index >= 15 is 0 Å². The summed E-state index contributed by atoms with van der Waals surface area (Å²) in [5.41, 5.74) is 21.0. The zero-order valence-corrected chi connectivity index (χ0v) is 30.5. The quantitative estimate of drug-likeness (QED) is 0.147. The first-order valence-electron chi connectivity index (χ1n) is 19.9. The Labute approximate surface area is 325 Å². The summed E-state index contributed by atoms with van der Waals surface area (Å²) in [6.07, 6.45) is 0. The van der Waals surface area contributed by atoms with Crippen molar-refractivity contribution in [2.75, 3.05) is 0 Å². The van der Waals surface area contributed by atoms with E-state index in [9.17, 15) is 0 Å². The van der Waals surface area contributed by atoms with Crippen LogP contribution >= 0.6 is 0 Å². The van der Waals surface area contributed by atoms with Gasteiger partial charge in [0.2, 0.25) is 0 Å². The van der Waals surface area contributed by atoms with Crippen molar-refractivity contribution in [2.45, 2.75) is 10.8 Å². The first kappa shape index (κ1) is 29.4. The standard InChI is InChI=1S/C56H32/c1-3-15-36-33(13-1)25-29-46-51(36)53-48(55(46)42-21-9-5-17-38(42)39-18-6-10-22-43(39)55)31-27-35-28-32-49-54(50(35)53)52-37-16-4-2-14-34(37)26-30-47(52)56(49)44-23-11-7-19-40(44)41-20-8-12-24-45(41)56/h1-32H. The zero-order valence-electron chi connectivity index (χ0n) is 30.5. The number of rotatable bonds is 0. The van der Waals surface area contributed by atoms with Crippen molar-refractivity contribution in [1.29, 1.82) is 0 Å². The summed E-state index contributed by atoms with van der Waals surface area (Å²) in [6, 6.07) is 74.3. The van der Waals surface area contributed by atoms with Crippen molar-refractivity contribution >= 4 is 32.3 Å². The maximum Gasteiger partial charge on any atom is 0.0725 e. The minimum Gasteiger partial charge on any atom is -0.0619 e. The molecule has 0 aliphatic heterocycles. The molecule has 0 radical (unpaired) electrons. The van der Waals surface area contributed by atoms with E-state index in [1.807, 2.05) is 0 Å². The summed E-state index contributed by atoms with van der Waals surface area (Å²) in [5, 5.41) is 7.84. The molecule has 0 fully saturated rings. The summed E-state index contributed by atoms with van der Waals surface area (Å²) in [4.78, 5) is 0. The molecule has 0 saturated carbocycles. The van der Waals surface area contributed by atoms with Crippen LogP contribution in [0.2, 0.25) is 0 Å². The van der Waals surface area contributed by atoms with Crippen LogP contribution in [0.1, 0.15) is 44.5 Å². The van der Waals surface area contributed by atoms with Crippen molar-refractivity contribution in [3.05, 3.63) is 239 Å². The average Bonchev–Trinajstić information content (AvgIpc) is 3.95. The molecule has 4 aliphatic carbocycles. The van der Waals surface area contributed by atoms with Gasteiger partial charge in [-0.1, -0.05) is 194 Å².